The summed E-state index contributed by atoms with van der Waals surface area (Å²) in [6.45, 7) is 10.9. The molecule has 0 amide bonds. The van der Waals surface area contributed by atoms with Crippen molar-refractivity contribution >= 4 is 17.4 Å². The van der Waals surface area contributed by atoms with Gasteiger partial charge in [0.1, 0.15) is 6.07 Å². The van der Waals surface area contributed by atoms with Gasteiger partial charge in [0.05, 0.1) is 11.3 Å². The van der Waals surface area contributed by atoms with Crippen LogP contribution < -0.4 is 4.90 Å². The second kappa shape index (κ2) is 7.72. The van der Waals surface area contributed by atoms with Crippen LogP contribution in [0.4, 0.5) is 5.69 Å². The fourth-order valence-electron chi connectivity index (χ4n) is 2.83. The molecule has 0 spiro atoms. The maximum atomic E-state index is 9.53. The van der Waals surface area contributed by atoms with Gasteiger partial charge in [0, 0.05) is 37.1 Å². The highest BCUT2D eigenvalue weighted by Gasteiger charge is 2.22. The lowest BCUT2D eigenvalue weighted by Gasteiger charge is -2.39. The van der Waals surface area contributed by atoms with Crippen LogP contribution in [0.5, 0.6) is 0 Å². The molecule has 1 unspecified atom stereocenters. The van der Waals surface area contributed by atoms with E-state index in [9.17, 15) is 5.26 Å². The third-order valence-electron chi connectivity index (χ3n) is 4.28. The Bertz CT molecular complexity index is 501. The number of rotatable bonds is 5. The van der Waals surface area contributed by atoms with Crippen LogP contribution >= 0.6 is 11.8 Å². The third kappa shape index (κ3) is 3.72. The largest absolute Gasteiger partial charge is 0.368 e. The quantitative estimate of drug-likeness (QED) is 0.778. The monoisotopic (exact) mass is 303 g/mol. The molecule has 0 aliphatic carbocycles. The maximum Gasteiger partial charge on any atom is 0.103 e. The number of anilines is 1. The van der Waals surface area contributed by atoms with Crippen molar-refractivity contribution in [2.24, 2.45) is 0 Å². The first-order valence-corrected chi connectivity index (χ1v) is 8.84. The fourth-order valence-corrected chi connectivity index (χ4v) is 3.61. The molecule has 2 rings (SSSR count). The minimum atomic E-state index is 0.657. The van der Waals surface area contributed by atoms with Crippen molar-refractivity contribution in [3.05, 3.63) is 23.8 Å². The fraction of sp³-hybridized carbons (Fsp3) is 0.588. The summed E-state index contributed by atoms with van der Waals surface area (Å²) >= 11 is 1.75. The van der Waals surface area contributed by atoms with Crippen LogP contribution in [0.2, 0.25) is 0 Å². The van der Waals surface area contributed by atoms with E-state index >= 15 is 0 Å². The molecule has 0 radical (unpaired) electrons. The SMILES string of the molecule is CCSc1cccc(N2CCN(C(C)CC)CC2)c1C#N. The average Bonchev–Trinajstić information content (AvgIpc) is 2.54. The zero-order chi connectivity index (χ0) is 15.2. The normalized spacial score (nSPS) is 17.5. The Balaban J connectivity index is 2.13. The average molecular weight is 303 g/mol. The van der Waals surface area contributed by atoms with E-state index in [1.54, 1.807) is 11.8 Å². The zero-order valence-corrected chi connectivity index (χ0v) is 14.1. The lowest BCUT2D eigenvalue weighted by atomic mass is 10.1. The molecule has 0 saturated carbocycles. The predicted molar refractivity (Wildman–Crippen MR) is 91.1 cm³/mol. The number of benzene rings is 1. The summed E-state index contributed by atoms with van der Waals surface area (Å²) in [5, 5.41) is 9.53. The molecular weight excluding hydrogens is 278 g/mol. The van der Waals surface area contributed by atoms with Gasteiger partial charge < -0.3 is 4.90 Å². The second-order valence-electron chi connectivity index (χ2n) is 5.48. The molecule has 0 N–H and O–H groups in total. The van der Waals surface area contributed by atoms with Crippen molar-refractivity contribution in [3.8, 4) is 6.07 Å². The molecular formula is C17H25N3S. The molecule has 1 aliphatic heterocycles. The smallest absolute Gasteiger partial charge is 0.103 e. The molecule has 114 valence electrons. The van der Waals surface area contributed by atoms with Crippen LogP contribution in [-0.4, -0.2) is 42.9 Å². The zero-order valence-electron chi connectivity index (χ0n) is 13.3. The van der Waals surface area contributed by atoms with Gasteiger partial charge >= 0.3 is 0 Å². The second-order valence-corrected chi connectivity index (χ2v) is 6.78. The molecule has 0 aromatic heterocycles. The molecule has 1 aromatic carbocycles. The van der Waals surface area contributed by atoms with Crippen molar-refractivity contribution in [1.82, 2.24) is 4.90 Å². The Morgan fingerprint density at radius 3 is 2.52 bits per heavy atom. The summed E-state index contributed by atoms with van der Waals surface area (Å²) in [6.07, 6.45) is 1.20. The molecule has 1 aliphatic rings. The van der Waals surface area contributed by atoms with Gasteiger partial charge in [-0.2, -0.15) is 5.26 Å². The maximum absolute atomic E-state index is 9.53. The van der Waals surface area contributed by atoms with Crippen LogP contribution in [0.3, 0.4) is 0 Å². The van der Waals surface area contributed by atoms with E-state index in [-0.39, 0.29) is 0 Å². The van der Waals surface area contributed by atoms with E-state index in [4.69, 9.17) is 0 Å². The first-order chi connectivity index (χ1) is 10.2. The Labute approximate surface area is 132 Å². The number of piperazine rings is 1. The van der Waals surface area contributed by atoms with Gasteiger partial charge in [-0.15, -0.1) is 11.8 Å². The topological polar surface area (TPSA) is 30.3 Å². The number of nitrogens with zero attached hydrogens (tertiary/aromatic N) is 3. The van der Waals surface area contributed by atoms with E-state index in [0.717, 1.165) is 48.1 Å². The van der Waals surface area contributed by atoms with Crippen molar-refractivity contribution in [2.45, 2.75) is 38.1 Å². The summed E-state index contributed by atoms with van der Waals surface area (Å²) < 4.78 is 0. The van der Waals surface area contributed by atoms with Gasteiger partial charge in [0.15, 0.2) is 0 Å². The molecule has 1 fully saturated rings. The van der Waals surface area contributed by atoms with Crippen LogP contribution in [-0.2, 0) is 0 Å². The summed E-state index contributed by atoms with van der Waals surface area (Å²) in [5.74, 6) is 1.000. The first kappa shape index (κ1) is 16.2. The van der Waals surface area contributed by atoms with Crippen molar-refractivity contribution in [1.29, 1.82) is 5.26 Å². The Hall–Kier alpha value is -1.18. The van der Waals surface area contributed by atoms with E-state index < -0.39 is 0 Å². The van der Waals surface area contributed by atoms with Crippen LogP contribution in [0.15, 0.2) is 23.1 Å². The van der Waals surface area contributed by atoms with Crippen molar-refractivity contribution in [2.75, 3.05) is 36.8 Å². The van der Waals surface area contributed by atoms with Gasteiger partial charge in [-0.05, 0) is 31.2 Å². The van der Waals surface area contributed by atoms with Crippen LogP contribution in [0.25, 0.3) is 0 Å². The highest BCUT2D eigenvalue weighted by molar-refractivity contribution is 7.99. The van der Waals surface area contributed by atoms with Crippen molar-refractivity contribution in [3.63, 3.8) is 0 Å². The molecule has 1 atom stereocenters. The molecule has 21 heavy (non-hydrogen) atoms. The Morgan fingerprint density at radius 2 is 1.95 bits per heavy atom. The molecule has 4 heteroatoms. The number of hydrogen-bond donors (Lipinski definition) is 0. The molecule has 0 bridgehead atoms. The van der Waals surface area contributed by atoms with Gasteiger partial charge in [-0.3, -0.25) is 4.90 Å². The van der Waals surface area contributed by atoms with E-state index in [2.05, 4.69) is 54.8 Å². The first-order valence-electron chi connectivity index (χ1n) is 7.86. The molecule has 1 saturated heterocycles. The van der Waals surface area contributed by atoms with Gasteiger partial charge in [0.2, 0.25) is 0 Å². The number of nitriles is 1. The number of thioether (sulfide) groups is 1. The highest BCUT2D eigenvalue weighted by Crippen LogP contribution is 2.30. The standard InChI is InChI=1S/C17H25N3S/c1-4-14(3)19-9-11-20(12-10-19)16-7-6-8-17(21-5-2)15(16)13-18/h6-8,14H,4-5,9-12H2,1-3H3. The lowest BCUT2D eigenvalue weighted by molar-refractivity contribution is 0.193. The molecule has 1 heterocycles. The van der Waals surface area contributed by atoms with E-state index in [0.29, 0.717) is 6.04 Å². The van der Waals surface area contributed by atoms with Gasteiger partial charge in [-0.1, -0.05) is 19.9 Å². The lowest BCUT2D eigenvalue weighted by Crippen LogP contribution is -2.49. The summed E-state index contributed by atoms with van der Waals surface area (Å²) in [7, 11) is 0. The van der Waals surface area contributed by atoms with Gasteiger partial charge in [0.25, 0.3) is 0 Å². The summed E-state index contributed by atoms with van der Waals surface area (Å²) in [6, 6.07) is 9.31. The Morgan fingerprint density at radius 1 is 1.24 bits per heavy atom. The van der Waals surface area contributed by atoms with Crippen LogP contribution in [0, 0.1) is 11.3 Å². The number of hydrogen-bond acceptors (Lipinski definition) is 4. The summed E-state index contributed by atoms with van der Waals surface area (Å²) in [4.78, 5) is 6.03. The third-order valence-corrected chi connectivity index (χ3v) is 5.22. The summed E-state index contributed by atoms with van der Waals surface area (Å²) in [5.41, 5.74) is 1.96. The molecule has 1 aromatic rings. The van der Waals surface area contributed by atoms with E-state index in [1.165, 1.54) is 6.42 Å². The molecule has 3 nitrogen and oxygen atoms in total. The Kier molecular flexibility index (Phi) is 5.96. The van der Waals surface area contributed by atoms with E-state index in [1.807, 2.05) is 0 Å². The van der Waals surface area contributed by atoms with Gasteiger partial charge in [-0.25, -0.2) is 0 Å². The minimum absolute atomic E-state index is 0.657. The predicted octanol–water partition coefficient (Wildman–Crippen LogP) is 3.59. The highest BCUT2D eigenvalue weighted by atomic mass is 32.2. The minimum Gasteiger partial charge on any atom is -0.368 e. The van der Waals surface area contributed by atoms with Crippen LogP contribution in [0.1, 0.15) is 32.8 Å². The van der Waals surface area contributed by atoms with Crippen molar-refractivity contribution < 1.29 is 0 Å².